The van der Waals surface area contributed by atoms with Crippen molar-refractivity contribution in [1.82, 2.24) is 5.32 Å². The summed E-state index contributed by atoms with van der Waals surface area (Å²) in [7, 11) is 0. The number of halogens is 3. The maximum atomic E-state index is 11.8. The minimum atomic E-state index is -0.369. The Morgan fingerprint density at radius 1 is 1.37 bits per heavy atom. The largest absolute Gasteiger partial charge is 0.373 e. The van der Waals surface area contributed by atoms with Crippen molar-refractivity contribution in [3.05, 3.63) is 26.7 Å². The van der Waals surface area contributed by atoms with Crippen LogP contribution in [0.5, 0.6) is 0 Å². The minimum absolute atomic E-state index is 0.0523. The van der Waals surface area contributed by atoms with E-state index in [1.165, 1.54) is 0 Å². The Morgan fingerprint density at radius 3 is 2.68 bits per heavy atom. The lowest BCUT2D eigenvalue weighted by molar-refractivity contribution is -0.121. The molecule has 0 fully saturated rings. The fraction of sp³-hybridized carbons (Fsp3) is 0.462. The molecule has 0 aliphatic heterocycles. The number of hydrogen-bond acceptors (Lipinski definition) is 2. The molecular weight excluding hydrogens is 351 g/mol. The molecule has 1 unspecified atom stereocenters. The summed E-state index contributed by atoms with van der Waals surface area (Å²) in [5, 5.41) is 6.76. The van der Waals surface area contributed by atoms with Gasteiger partial charge in [-0.25, -0.2) is 0 Å². The first-order chi connectivity index (χ1) is 8.97. The topological polar surface area (TPSA) is 41.1 Å². The molecule has 0 heterocycles. The van der Waals surface area contributed by atoms with Crippen molar-refractivity contribution in [1.29, 1.82) is 0 Å². The summed E-state index contributed by atoms with van der Waals surface area (Å²) < 4.78 is 0.727. The minimum Gasteiger partial charge on any atom is -0.373 e. The molecule has 1 aromatic carbocycles. The van der Waals surface area contributed by atoms with E-state index in [9.17, 15) is 4.79 Å². The Bertz CT molecular complexity index is 455. The number of hydrogen-bond donors (Lipinski definition) is 2. The second-order valence-electron chi connectivity index (χ2n) is 4.23. The van der Waals surface area contributed by atoms with Gasteiger partial charge in [-0.1, -0.05) is 36.5 Å². The molecule has 0 saturated heterocycles. The molecule has 0 saturated carbocycles. The van der Waals surface area contributed by atoms with Crippen molar-refractivity contribution >= 4 is 50.7 Å². The van der Waals surface area contributed by atoms with Gasteiger partial charge in [-0.15, -0.1) is 0 Å². The Morgan fingerprint density at radius 2 is 2.05 bits per heavy atom. The molecule has 0 spiro atoms. The van der Waals surface area contributed by atoms with Crippen LogP contribution in [-0.2, 0) is 4.79 Å². The summed E-state index contributed by atoms with van der Waals surface area (Å²) in [6.45, 7) is 4.56. The predicted molar refractivity (Wildman–Crippen MR) is 85.2 cm³/mol. The number of unbranched alkanes of at least 4 members (excludes halogenated alkanes) is 1. The van der Waals surface area contributed by atoms with Crippen molar-refractivity contribution in [2.45, 2.75) is 32.7 Å². The first kappa shape index (κ1) is 16.6. The van der Waals surface area contributed by atoms with E-state index >= 15 is 0 Å². The SMILES string of the molecule is CCCCNC(=O)C(C)Nc1ccc(Br)c(Cl)c1Cl. The highest BCUT2D eigenvalue weighted by Crippen LogP contribution is 2.36. The van der Waals surface area contributed by atoms with Gasteiger partial charge < -0.3 is 10.6 Å². The van der Waals surface area contributed by atoms with Crippen LogP contribution in [0.4, 0.5) is 5.69 Å². The van der Waals surface area contributed by atoms with Gasteiger partial charge in [0.2, 0.25) is 5.91 Å². The van der Waals surface area contributed by atoms with Gasteiger partial charge in [0.25, 0.3) is 0 Å². The number of amides is 1. The lowest BCUT2D eigenvalue weighted by Crippen LogP contribution is -2.38. The van der Waals surface area contributed by atoms with E-state index in [-0.39, 0.29) is 11.9 Å². The fourth-order valence-electron chi connectivity index (χ4n) is 1.48. The second-order valence-corrected chi connectivity index (χ2v) is 5.84. The third kappa shape index (κ3) is 4.86. The van der Waals surface area contributed by atoms with Crippen LogP contribution in [0.1, 0.15) is 26.7 Å². The van der Waals surface area contributed by atoms with E-state index in [0.29, 0.717) is 22.3 Å². The van der Waals surface area contributed by atoms with Crippen molar-refractivity contribution in [3.63, 3.8) is 0 Å². The van der Waals surface area contributed by atoms with Crippen LogP contribution in [0.25, 0.3) is 0 Å². The molecule has 1 atom stereocenters. The van der Waals surface area contributed by atoms with Gasteiger partial charge in [0, 0.05) is 11.0 Å². The molecule has 6 heteroatoms. The van der Waals surface area contributed by atoms with E-state index in [1.54, 1.807) is 19.1 Å². The fourth-order valence-corrected chi connectivity index (χ4v) is 2.31. The maximum Gasteiger partial charge on any atom is 0.242 e. The molecular formula is C13H17BrCl2N2O. The number of carbonyl (C=O) groups is 1. The Kier molecular flexibility index (Phi) is 6.97. The van der Waals surface area contributed by atoms with Crippen molar-refractivity contribution < 1.29 is 4.79 Å². The number of rotatable bonds is 6. The average Bonchev–Trinajstić information content (AvgIpc) is 2.39. The van der Waals surface area contributed by atoms with Crippen LogP contribution < -0.4 is 10.6 Å². The third-order valence-electron chi connectivity index (χ3n) is 2.63. The Hall–Kier alpha value is -0.450. The summed E-state index contributed by atoms with van der Waals surface area (Å²) >= 11 is 15.4. The van der Waals surface area contributed by atoms with Crippen LogP contribution in [-0.4, -0.2) is 18.5 Å². The summed E-state index contributed by atoms with van der Waals surface area (Å²) in [6.07, 6.45) is 2.03. The van der Waals surface area contributed by atoms with Crippen LogP contribution >= 0.6 is 39.1 Å². The first-order valence-electron chi connectivity index (χ1n) is 6.15. The van der Waals surface area contributed by atoms with Gasteiger partial charge in [-0.05, 0) is 41.4 Å². The van der Waals surface area contributed by atoms with Gasteiger partial charge in [0.15, 0.2) is 0 Å². The number of benzene rings is 1. The van der Waals surface area contributed by atoms with Crippen molar-refractivity contribution in [3.8, 4) is 0 Å². The molecule has 1 amide bonds. The lowest BCUT2D eigenvalue weighted by atomic mass is 10.2. The van der Waals surface area contributed by atoms with Crippen LogP contribution in [0.2, 0.25) is 10.0 Å². The molecule has 106 valence electrons. The number of anilines is 1. The molecule has 2 N–H and O–H groups in total. The maximum absolute atomic E-state index is 11.8. The molecule has 3 nitrogen and oxygen atoms in total. The lowest BCUT2D eigenvalue weighted by Gasteiger charge is -2.17. The second kappa shape index (κ2) is 7.98. The highest BCUT2D eigenvalue weighted by Gasteiger charge is 2.15. The smallest absolute Gasteiger partial charge is 0.242 e. The zero-order valence-corrected chi connectivity index (χ0v) is 14.0. The van der Waals surface area contributed by atoms with E-state index in [4.69, 9.17) is 23.2 Å². The Balaban J connectivity index is 2.64. The summed E-state index contributed by atoms with van der Waals surface area (Å²) in [4.78, 5) is 11.8. The standard InChI is InChI=1S/C13H17BrCl2N2O/c1-3-4-7-17-13(19)8(2)18-10-6-5-9(14)11(15)12(10)16/h5-6,8,18H,3-4,7H2,1-2H3,(H,17,19). The van der Waals surface area contributed by atoms with E-state index in [1.807, 2.05) is 0 Å². The van der Waals surface area contributed by atoms with E-state index < -0.39 is 0 Å². The van der Waals surface area contributed by atoms with Crippen LogP contribution in [0.15, 0.2) is 16.6 Å². The average molecular weight is 368 g/mol. The monoisotopic (exact) mass is 366 g/mol. The van der Waals surface area contributed by atoms with Crippen molar-refractivity contribution in [2.24, 2.45) is 0 Å². The van der Waals surface area contributed by atoms with Gasteiger partial charge in [0.1, 0.15) is 6.04 Å². The zero-order chi connectivity index (χ0) is 14.4. The van der Waals surface area contributed by atoms with Gasteiger partial charge in [-0.2, -0.15) is 0 Å². The third-order valence-corrected chi connectivity index (χ3v) is 4.40. The highest BCUT2D eigenvalue weighted by atomic mass is 79.9. The molecule has 0 aliphatic rings. The molecule has 0 radical (unpaired) electrons. The molecule has 19 heavy (non-hydrogen) atoms. The first-order valence-corrected chi connectivity index (χ1v) is 7.70. The summed E-state index contributed by atoms with van der Waals surface area (Å²) in [5.74, 6) is -0.0523. The number of nitrogens with one attached hydrogen (secondary N) is 2. The summed E-state index contributed by atoms with van der Waals surface area (Å²) in [6, 6.07) is 3.21. The molecule has 1 rings (SSSR count). The number of carbonyl (C=O) groups excluding carboxylic acids is 1. The Labute approximate surface area is 132 Å². The molecule has 0 bridgehead atoms. The van der Waals surface area contributed by atoms with E-state index in [0.717, 1.165) is 17.3 Å². The van der Waals surface area contributed by atoms with E-state index in [2.05, 4.69) is 33.5 Å². The highest BCUT2D eigenvalue weighted by molar-refractivity contribution is 9.10. The van der Waals surface area contributed by atoms with Crippen molar-refractivity contribution in [2.75, 3.05) is 11.9 Å². The quantitative estimate of drug-likeness (QED) is 0.575. The van der Waals surface area contributed by atoms with Gasteiger partial charge in [-0.3, -0.25) is 4.79 Å². The summed E-state index contributed by atoms with van der Waals surface area (Å²) in [5.41, 5.74) is 0.646. The predicted octanol–water partition coefficient (Wildman–Crippen LogP) is 4.47. The molecule has 1 aromatic rings. The van der Waals surface area contributed by atoms with Gasteiger partial charge in [0.05, 0.1) is 15.7 Å². The molecule has 0 aromatic heterocycles. The normalized spacial score (nSPS) is 12.1. The molecule has 0 aliphatic carbocycles. The van der Waals surface area contributed by atoms with Crippen LogP contribution in [0.3, 0.4) is 0 Å². The van der Waals surface area contributed by atoms with Crippen LogP contribution in [0, 0.1) is 0 Å². The zero-order valence-electron chi connectivity index (χ0n) is 10.9. The van der Waals surface area contributed by atoms with Gasteiger partial charge >= 0.3 is 0 Å².